The van der Waals surface area contributed by atoms with E-state index in [1.807, 2.05) is 19.1 Å². The van der Waals surface area contributed by atoms with Crippen molar-refractivity contribution in [2.24, 2.45) is 0 Å². The van der Waals surface area contributed by atoms with Gasteiger partial charge in [0.15, 0.2) is 5.82 Å². The number of carbonyl (C=O) groups excluding carboxylic acids is 2. The monoisotopic (exact) mass is 481 g/mol. The standard InChI is InChI=1S/C27H27N7O2/c1-18(25-32-31-24-10-6-13-34(24)25)7-5-8-19(2)30-26(35)23-15-21-17-33(14-11-20(21)16-29-23)27(36)22-9-3-4-12-28-22/h3-5,7-9,12,15-16H,2,6,10-11,13-14,17H2,1H3,(H,30,35)/b8-5-,18-7+. The third-order valence-electron chi connectivity index (χ3n) is 6.38. The van der Waals surface area contributed by atoms with E-state index in [2.05, 4.69) is 36.6 Å². The van der Waals surface area contributed by atoms with Crippen LogP contribution in [0.25, 0.3) is 5.57 Å². The van der Waals surface area contributed by atoms with Crippen molar-refractivity contribution in [2.75, 3.05) is 6.54 Å². The molecule has 3 aromatic rings. The lowest BCUT2D eigenvalue weighted by molar-refractivity contribution is 0.0728. The minimum atomic E-state index is -0.350. The van der Waals surface area contributed by atoms with E-state index in [9.17, 15) is 9.59 Å². The summed E-state index contributed by atoms with van der Waals surface area (Å²) in [4.78, 5) is 35.8. The molecule has 5 heterocycles. The maximum atomic E-state index is 12.8. The molecule has 0 unspecified atom stereocenters. The molecular weight excluding hydrogens is 454 g/mol. The summed E-state index contributed by atoms with van der Waals surface area (Å²) in [5.41, 5.74) is 4.08. The maximum absolute atomic E-state index is 12.8. The molecule has 2 aliphatic rings. The van der Waals surface area contributed by atoms with Crippen molar-refractivity contribution in [1.29, 1.82) is 0 Å². The molecule has 5 rings (SSSR count). The molecule has 2 aliphatic heterocycles. The first-order valence-electron chi connectivity index (χ1n) is 12.0. The molecule has 182 valence electrons. The van der Waals surface area contributed by atoms with Gasteiger partial charge in [-0.25, -0.2) is 0 Å². The molecule has 0 radical (unpaired) electrons. The lowest BCUT2D eigenvalue weighted by atomic mass is 10.0. The second-order valence-corrected chi connectivity index (χ2v) is 8.91. The second-order valence-electron chi connectivity index (χ2n) is 8.91. The van der Waals surface area contributed by atoms with Gasteiger partial charge in [0.05, 0.1) is 0 Å². The Morgan fingerprint density at radius 1 is 1.08 bits per heavy atom. The van der Waals surface area contributed by atoms with Crippen LogP contribution in [-0.2, 0) is 25.9 Å². The van der Waals surface area contributed by atoms with E-state index in [0.717, 1.165) is 47.7 Å². The van der Waals surface area contributed by atoms with E-state index in [1.165, 1.54) is 0 Å². The number of hydrogen-bond donors (Lipinski definition) is 1. The molecule has 0 bridgehead atoms. The first-order valence-corrected chi connectivity index (χ1v) is 12.0. The molecule has 0 fully saturated rings. The van der Waals surface area contributed by atoms with Gasteiger partial charge in [-0.2, -0.15) is 0 Å². The second kappa shape index (κ2) is 10.1. The van der Waals surface area contributed by atoms with Crippen LogP contribution in [-0.4, -0.2) is 48.0 Å². The van der Waals surface area contributed by atoms with Crippen molar-refractivity contribution < 1.29 is 9.59 Å². The average molecular weight is 482 g/mol. The highest BCUT2D eigenvalue weighted by Crippen LogP contribution is 2.21. The first kappa shape index (κ1) is 23.3. The third-order valence-corrected chi connectivity index (χ3v) is 6.38. The minimum Gasteiger partial charge on any atom is -0.333 e. The van der Waals surface area contributed by atoms with E-state index < -0.39 is 0 Å². The normalized spacial score (nSPS) is 15.0. The highest BCUT2D eigenvalue weighted by atomic mass is 16.2. The molecule has 0 aliphatic carbocycles. The Morgan fingerprint density at radius 3 is 2.81 bits per heavy atom. The number of aromatic nitrogens is 5. The Bertz CT molecular complexity index is 1390. The Morgan fingerprint density at radius 2 is 1.97 bits per heavy atom. The van der Waals surface area contributed by atoms with Crippen LogP contribution in [0.5, 0.6) is 0 Å². The van der Waals surface area contributed by atoms with Crippen LogP contribution in [0.2, 0.25) is 0 Å². The van der Waals surface area contributed by atoms with Gasteiger partial charge in [0.2, 0.25) is 0 Å². The van der Waals surface area contributed by atoms with E-state index >= 15 is 0 Å². The van der Waals surface area contributed by atoms with Gasteiger partial charge >= 0.3 is 0 Å². The number of fused-ring (bicyclic) bond motifs is 2. The zero-order valence-corrected chi connectivity index (χ0v) is 20.1. The fourth-order valence-corrected chi connectivity index (χ4v) is 4.46. The van der Waals surface area contributed by atoms with Crippen molar-refractivity contribution in [3.8, 4) is 0 Å². The van der Waals surface area contributed by atoms with Crippen molar-refractivity contribution >= 4 is 17.4 Å². The maximum Gasteiger partial charge on any atom is 0.274 e. The fraction of sp³-hybridized carbons (Fsp3) is 0.259. The minimum absolute atomic E-state index is 0.123. The fourth-order valence-electron chi connectivity index (χ4n) is 4.46. The first-order chi connectivity index (χ1) is 17.5. The molecule has 0 saturated carbocycles. The zero-order chi connectivity index (χ0) is 25.1. The molecular formula is C27H27N7O2. The van der Waals surface area contributed by atoms with Crippen LogP contribution in [0.15, 0.2) is 67.2 Å². The number of nitrogens with zero attached hydrogens (tertiary/aromatic N) is 6. The Labute approximate surface area is 209 Å². The van der Waals surface area contributed by atoms with Gasteiger partial charge in [0.1, 0.15) is 17.2 Å². The quantitative estimate of drug-likeness (QED) is 0.543. The van der Waals surface area contributed by atoms with Crippen LogP contribution in [0.1, 0.15) is 57.1 Å². The van der Waals surface area contributed by atoms with Crippen LogP contribution < -0.4 is 5.32 Å². The smallest absolute Gasteiger partial charge is 0.274 e. The summed E-state index contributed by atoms with van der Waals surface area (Å²) < 4.78 is 2.14. The number of hydrogen-bond acceptors (Lipinski definition) is 6. The van der Waals surface area contributed by atoms with Gasteiger partial charge in [-0.05, 0) is 60.7 Å². The summed E-state index contributed by atoms with van der Waals surface area (Å²) >= 11 is 0. The van der Waals surface area contributed by atoms with Gasteiger partial charge in [-0.3, -0.25) is 19.6 Å². The Balaban J connectivity index is 1.21. The van der Waals surface area contributed by atoms with Crippen molar-refractivity contribution in [2.45, 2.75) is 39.3 Å². The number of aryl methyl sites for hydroxylation is 1. The van der Waals surface area contributed by atoms with E-state index in [4.69, 9.17) is 0 Å². The SMILES string of the molecule is C=C(/C=C\C=C(/C)c1nnc2n1CCC2)NC(=O)c1cc2c(cn1)CCN(C(=O)c1ccccn1)C2. The Hall–Kier alpha value is -4.40. The highest BCUT2D eigenvalue weighted by Gasteiger charge is 2.24. The molecule has 36 heavy (non-hydrogen) atoms. The van der Waals surface area contributed by atoms with Gasteiger partial charge in [-0.15, -0.1) is 10.2 Å². The van der Waals surface area contributed by atoms with Gasteiger partial charge in [0, 0.05) is 44.1 Å². The third kappa shape index (κ3) is 4.86. The molecule has 0 saturated heterocycles. The lowest BCUT2D eigenvalue weighted by Crippen LogP contribution is -2.36. The van der Waals surface area contributed by atoms with Crippen molar-refractivity contribution in [1.82, 2.24) is 34.9 Å². The molecule has 1 N–H and O–H groups in total. The van der Waals surface area contributed by atoms with Crippen molar-refractivity contribution in [3.63, 3.8) is 0 Å². The molecule has 0 spiro atoms. The average Bonchev–Trinajstić information content (AvgIpc) is 3.52. The number of nitrogens with one attached hydrogen (secondary N) is 1. The molecule has 3 aromatic heterocycles. The number of pyridine rings is 2. The largest absolute Gasteiger partial charge is 0.333 e. The molecule has 0 atom stereocenters. The molecule has 9 nitrogen and oxygen atoms in total. The van der Waals surface area contributed by atoms with Crippen LogP contribution in [0.3, 0.4) is 0 Å². The highest BCUT2D eigenvalue weighted by molar-refractivity contribution is 5.94. The number of allylic oxidation sites excluding steroid dienone is 4. The summed E-state index contributed by atoms with van der Waals surface area (Å²) in [6, 6.07) is 7.03. The molecule has 2 amide bonds. The summed E-state index contributed by atoms with van der Waals surface area (Å²) in [6.45, 7) is 7.85. The molecule has 9 heteroatoms. The summed E-state index contributed by atoms with van der Waals surface area (Å²) in [5.74, 6) is 1.43. The number of amides is 2. The van der Waals surface area contributed by atoms with Gasteiger partial charge < -0.3 is 14.8 Å². The lowest BCUT2D eigenvalue weighted by Gasteiger charge is -2.28. The summed E-state index contributed by atoms with van der Waals surface area (Å²) in [7, 11) is 0. The van der Waals surface area contributed by atoms with Gasteiger partial charge in [0.25, 0.3) is 11.8 Å². The predicted molar refractivity (Wildman–Crippen MR) is 135 cm³/mol. The number of rotatable bonds is 6. The van der Waals surface area contributed by atoms with Crippen LogP contribution in [0, 0.1) is 0 Å². The summed E-state index contributed by atoms with van der Waals surface area (Å²) in [6.07, 6.45) is 11.6. The van der Waals surface area contributed by atoms with Gasteiger partial charge in [-0.1, -0.05) is 24.8 Å². The van der Waals surface area contributed by atoms with E-state index in [0.29, 0.717) is 30.9 Å². The van der Waals surface area contributed by atoms with Crippen molar-refractivity contribution in [3.05, 3.63) is 101 Å². The van der Waals surface area contributed by atoms with E-state index in [-0.39, 0.29) is 17.5 Å². The van der Waals surface area contributed by atoms with Crippen LogP contribution in [0.4, 0.5) is 0 Å². The number of carbonyl (C=O) groups is 2. The topological polar surface area (TPSA) is 106 Å². The predicted octanol–water partition coefficient (Wildman–Crippen LogP) is 3.12. The zero-order valence-electron chi connectivity index (χ0n) is 20.1. The summed E-state index contributed by atoms with van der Waals surface area (Å²) in [5, 5.41) is 11.3. The van der Waals surface area contributed by atoms with E-state index in [1.54, 1.807) is 47.6 Å². The Kier molecular flexibility index (Phi) is 6.53. The van der Waals surface area contributed by atoms with Crippen LogP contribution >= 0.6 is 0 Å². The molecule has 0 aromatic carbocycles.